The van der Waals surface area contributed by atoms with Crippen LogP contribution in [0.3, 0.4) is 0 Å². The minimum atomic E-state index is -0.312. The van der Waals surface area contributed by atoms with Crippen molar-refractivity contribution >= 4 is 27.9 Å². The monoisotopic (exact) mass is 454 g/mol. The Hall–Kier alpha value is -2.34. The van der Waals surface area contributed by atoms with E-state index in [9.17, 15) is 9.59 Å². The van der Waals surface area contributed by atoms with Gasteiger partial charge in [0.2, 0.25) is 0 Å². The molecule has 0 bridgehead atoms. The van der Waals surface area contributed by atoms with Crippen LogP contribution in [0.15, 0.2) is 46.9 Å². The van der Waals surface area contributed by atoms with E-state index in [0.717, 1.165) is 22.0 Å². The van der Waals surface area contributed by atoms with Crippen molar-refractivity contribution in [3.63, 3.8) is 0 Å². The maximum Gasteiger partial charge on any atom is 0.410 e. The van der Waals surface area contributed by atoms with E-state index in [1.165, 1.54) is 11.1 Å². The van der Waals surface area contributed by atoms with E-state index in [0.29, 0.717) is 19.6 Å². The molecule has 1 fully saturated rings. The van der Waals surface area contributed by atoms with E-state index in [4.69, 9.17) is 4.74 Å². The number of carbonyl (C=O) groups is 2. The van der Waals surface area contributed by atoms with Crippen molar-refractivity contribution in [1.29, 1.82) is 0 Å². The van der Waals surface area contributed by atoms with Crippen molar-refractivity contribution in [2.75, 3.05) is 13.1 Å². The lowest BCUT2D eigenvalue weighted by Crippen LogP contribution is -2.52. The second kappa shape index (κ2) is 6.59. The van der Waals surface area contributed by atoms with Crippen molar-refractivity contribution in [3.05, 3.63) is 69.2 Å². The Bertz CT molecular complexity index is 1020. The Morgan fingerprint density at radius 1 is 1.14 bits per heavy atom. The molecule has 1 saturated heterocycles. The highest BCUT2D eigenvalue weighted by Gasteiger charge is 2.46. The van der Waals surface area contributed by atoms with Gasteiger partial charge in [-0.3, -0.25) is 9.69 Å². The predicted octanol–water partition coefficient (Wildman–Crippen LogP) is 4.13. The number of benzene rings is 2. The van der Waals surface area contributed by atoms with Crippen molar-refractivity contribution in [2.24, 2.45) is 0 Å². The zero-order valence-corrected chi connectivity index (χ0v) is 18.1. The molecule has 2 aromatic rings. The second-order valence-electron chi connectivity index (χ2n) is 8.85. The summed E-state index contributed by atoms with van der Waals surface area (Å²) in [4.78, 5) is 29.4. The summed E-state index contributed by atoms with van der Waals surface area (Å²) in [5.41, 5.74) is 4.06. The Labute approximate surface area is 178 Å². The first-order valence-electron chi connectivity index (χ1n) is 9.97. The van der Waals surface area contributed by atoms with Crippen LogP contribution >= 0.6 is 15.9 Å². The van der Waals surface area contributed by atoms with Crippen LogP contribution in [0.5, 0.6) is 0 Å². The summed E-state index contributed by atoms with van der Waals surface area (Å²) >= 11 is 3.52. The molecule has 5 nitrogen and oxygen atoms in total. The molecule has 2 unspecified atom stereocenters. The summed E-state index contributed by atoms with van der Waals surface area (Å²) in [6.07, 6.45) is 0.178. The smallest absolute Gasteiger partial charge is 0.410 e. The number of halogens is 1. The summed E-state index contributed by atoms with van der Waals surface area (Å²) in [5, 5.41) is 0. The highest BCUT2D eigenvalue weighted by Crippen LogP contribution is 2.37. The van der Waals surface area contributed by atoms with Gasteiger partial charge < -0.3 is 9.64 Å². The van der Waals surface area contributed by atoms with Crippen LogP contribution in [0.1, 0.15) is 40.9 Å². The van der Waals surface area contributed by atoms with Crippen LogP contribution in [-0.4, -0.2) is 47.0 Å². The van der Waals surface area contributed by atoms with Crippen LogP contribution in [0.2, 0.25) is 0 Å². The van der Waals surface area contributed by atoms with Gasteiger partial charge in [0.25, 0.3) is 5.91 Å². The van der Waals surface area contributed by atoms with Gasteiger partial charge in [-0.15, -0.1) is 0 Å². The number of hydrogen-bond donors (Lipinski definition) is 0. The number of carbonyl (C=O) groups excluding carboxylic acids is 2. The number of rotatable bonds is 2. The minimum absolute atomic E-state index is 0.0116. The third-order valence-corrected chi connectivity index (χ3v) is 6.91. The van der Waals surface area contributed by atoms with Gasteiger partial charge in [0, 0.05) is 28.5 Å². The van der Waals surface area contributed by atoms with E-state index >= 15 is 0 Å². The van der Waals surface area contributed by atoms with E-state index < -0.39 is 0 Å². The zero-order chi connectivity index (χ0) is 20.3. The molecule has 3 aliphatic heterocycles. The van der Waals surface area contributed by atoms with Crippen molar-refractivity contribution < 1.29 is 14.3 Å². The first kappa shape index (κ1) is 18.7. The van der Waals surface area contributed by atoms with Crippen LogP contribution < -0.4 is 0 Å². The van der Waals surface area contributed by atoms with E-state index in [1.54, 1.807) is 0 Å². The molecule has 5 rings (SSSR count). The lowest BCUT2D eigenvalue weighted by atomic mass is 9.78. The molecule has 0 saturated carbocycles. The number of amides is 2. The number of hydrogen-bond acceptors (Lipinski definition) is 3. The minimum Gasteiger partial charge on any atom is -0.442 e. The topological polar surface area (TPSA) is 49.9 Å². The highest BCUT2D eigenvalue weighted by atomic mass is 79.9. The summed E-state index contributed by atoms with van der Waals surface area (Å²) < 4.78 is 6.73. The largest absolute Gasteiger partial charge is 0.442 e. The number of ether oxygens (including phenoxy) is 1. The predicted molar refractivity (Wildman–Crippen MR) is 113 cm³/mol. The van der Waals surface area contributed by atoms with E-state index in [1.807, 2.05) is 40.1 Å². The molecular formula is C23H23BrN2O3. The van der Waals surface area contributed by atoms with Crippen LogP contribution in [0.4, 0.5) is 4.79 Å². The Kier molecular flexibility index (Phi) is 4.24. The van der Waals surface area contributed by atoms with Crippen LogP contribution in [-0.2, 0) is 23.1 Å². The molecule has 3 aliphatic rings. The number of nitrogens with zero attached hydrogens (tertiary/aromatic N) is 2. The molecule has 2 amide bonds. The first-order chi connectivity index (χ1) is 13.8. The van der Waals surface area contributed by atoms with Crippen molar-refractivity contribution in [3.8, 4) is 0 Å². The molecule has 29 heavy (non-hydrogen) atoms. The van der Waals surface area contributed by atoms with Crippen molar-refractivity contribution in [1.82, 2.24) is 9.80 Å². The maximum absolute atomic E-state index is 13.2. The molecule has 0 aromatic heterocycles. The van der Waals surface area contributed by atoms with Crippen LogP contribution in [0, 0.1) is 0 Å². The second-order valence-corrected chi connectivity index (χ2v) is 9.77. The fourth-order valence-corrected chi connectivity index (χ4v) is 5.31. The number of fused-ring (bicyclic) bond motifs is 3. The molecular weight excluding hydrogens is 432 g/mol. The summed E-state index contributed by atoms with van der Waals surface area (Å²) in [5.74, 6) is 0.0116. The molecule has 0 spiro atoms. The maximum atomic E-state index is 13.2. The van der Waals surface area contributed by atoms with Gasteiger partial charge in [-0.05, 0) is 41.3 Å². The third-order valence-electron chi connectivity index (χ3n) is 6.42. The Balaban J connectivity index is 1.41. The molecule has 3 heterocycles. The molecule has 0 aliphatic carbocycles. The molecule has 0 N–H and O–H groups in total. The lowest BCUT2D eigenvalue weighted by Gasteiger charge is -2.41. The number of cyclic esters (lactones) is 1. The quantitative estimate of drug-likeness (QED) is 0.685. The van der Waals surface area contributed by atoms with Gasteiger partial charge in [0.05, 0.1) is 12.6 Å². The van der Waals surface area contributed by atoms with Gasteiger partial charge in [-0.1, -0.05) is 54.0 Å². The van der Waals surface area contributed by atoms with Gasteiger partial charge in [-0.25, -0.2) is 4.79 Å². The molecule has 6 heteroatoms. The lowest BCUT2D eigenvalue weighted by molar-refractivity contribution is 0.0522. The normalized spacial score (nSPS) is 24.7. The van der Waals surface area contributed by atoms with E-state index in [2.05, 4.69) is 41.9 Å². The average molecular weight is 455 g/mol. The van der Waals surface area contributed by atoms with Crippen LogP contribution in [0.25, 0.3) is 0 Å². The summed E-state index contributed by atoms with van der Waals surface area (Å²) in [7, 11) is 0. The molecule has 0 radical (unpaired) electrons. The van der Waals surface area contributed by atoms with Gasteiger partial charge in [-0.2, -0.15) is 0 Å². The molecule has 150 valence electrons. The standard InChI is InChI=1S/C23H23BrN2O3/c1-23(2)13-25(21(27)17-8-7-16(24)10-18(17)23)12-20-19-9-14-5-3-4-6-15(14)11-26(19)22(28)29-20/h3-8,10,19-20H,9,11-13H2,1-2H3. The van der Waals surface area contributed by atoms with Gasteiger partial charge >= 0.3 is 6.09 Å². The van der Waals surface area contributed by atoms with Gasteiger partial charge in [0.15, 0.2) is 0 Å². The van der Waals surface area contributed by atoms with E-state index in [-0.39, 0.29) is 29.6 Å². The fraction of sp³-hybridized carbons (Fsp3) is 0.391. The van der Waals surface area contributed by atoms with Crippen molar-refractivity contribution in [2.45, 2.75) is 44.4 Å². The third kappa shape index (κ3) is 3.05. The Morgan fingerprint density at radius 2 is 1.90 bits per heavy atom. The SMILES string of the molecule is CC1(C)CN(CC2OC(=O)N3Cc4ccccc4CC23)C(=O)c2ccc(Br)cc21. The first-order valence-corrected chi connectivity index (χ1v) is 10.8. The zero-order valence-electron chi connectivity index (χ0n) is 16.5. The molecule has 2 aromatic carbocycles. The molecule has 2 atom stereocenters. The summed E-state index contributed by atoms with van der Waals surface area (Å²) in [6, 6.07) is 14.0. The highest BCUT2D eigenvalue weighted by molar-refractivity contribution is 9.10. The van der Waals surface area contributed by atoms with Gasteiger partial charge in [0.1, 0.15) is 6.10 Å². The average Bonchev–Trinajstić information content (AvgIpc) is 2.99. The summed E-state index contributed by atoms with van der Waals surface area (Å²) in [6.45, 7) is 5.91. The fourth-order valence-electron chi connectivity index (χ4n) is 4.95. The Morgan fingerprint density at radius 3 is 2.69 bits per heavy atom.